The Balaban J connectivity index is 1.88. The minimum Gasteiger partial charge on any atom is -0.434 e. The van der Waals surface area contributed by atoms with Crippen LogP contribution < -0.4 is 10.6 Å². The number of carbonyl (C=O) groups excluding carboxylic acids is 2. The van der Waals surface area contributed by atoms with Gasteiger partial charge in [0.2, 0.25) is 6.10 Å². The summed E-state index contributed by atoms with van der Waals surface area (Å²) < 4.78 is 5.04. The molecule has 0 saturated carbocycles. The minimum atomic E-state index is -0.880. The molecular formula is C18H16Cl2N2O3. The second-order valence-electron chi connectivity index (χ2n) is 5.80. The third-order valence-corrected chi connectivity index (χ3v) is 4.49. The second kappa shape index (κ2) is 7.33. The summed E-state index contributed by atoms with van der Waals surface area (Å²) >= 11 is 11.9. The Labute approximate surface area is 155 Å². The third kappa shape index (κ3) is 4.06. The molecule has 7 heteroatoms. The van der Waals surface area contributed by atoms with Gasteiger partial charge in [0.15, 0.2) is 0 Å². The summed E-state index contributed by atoms with van der Waals surface area (Å²) in [5.41, 5.74) is 1.70. The zero-order valence-electron chi connectivity index (χ0n) is 13.3. The van der Waals surface area contributed by atoms with Crippen molar-refractivity contribution in [3.63, 3.8) is 0 Å². The molecule has 0 spiro atoms. The normalized spacial score (nSPS) is 19.4. The van der Waals surface area contributed by atoms with Crippen molar-refractivity contribution in [2.75, 3.05) is 0 Å². The van der Waals surface area contributed by atoms with Crippen LogP contribution in [0.3, 0.4) is 0 Å². The molecule has 1 saturated heterocycles. The molecule has 0 bridgehead atoms. The Morgan fingerprint density at radius 1 is 1.04 bits per heavy atom. The maximum absolute atomic E-state index is 12.6. The lowest BCUT2D eigenvalue weighted by atomic mass is 9.98. The molecule has 25 heavy (non-hydrogen) atoms. The summed E-state index contributed by atoms with van der Waals surface area (Å²) in [5.74, 6) is -0.374. The van der Waals surface area contributed by atoms with Crippen molar-refractivity contribution in [3.05, 3.63) is 69.7 Å². The molecule has 0 aliphatic carbocycles. The summed E-state index contributed by atoms with van der Waals surface area (Å²) in [6.45, 7) is 1.72. The smallest absolute Gasteiger partial charge is 0.408 e. The number of ether oxygens (including phenoxy) is 1. The summed E-state index contributed by atoms with van der Waals surface area (Å²) in [4.78, 5) is 23.9. The van der Waals surface area contributed by atoms with Crippen LogP contribution in [0.15, 0.2) is 48.5 Å². The van der Waals surface area contributed by atoms with E-state index < -0.39 is 24.3 Å². The summed E-state index contributed by atoms with van der Waals surface area (Å²) in [5, 5.41) is 6.71. The van der Waals surface area contributed by atoms with E-state index in [1.807, 2.05) is 24.3 Å². The van der Waals surface area contributed by atoms with Gasteiger partial charge in [0.05, 0.1) is 12.1 Å². The molecule has 2 amide bonds. The molecule has 1 aliphatic rings. The van der Waals surface area contributed by atoms with Crippen LogP contribution in [0.25, 0.3) is 0 Å². The van der Waals surface area contributed by atoms with Gasteiger partial charge in [-0.05, 0) is 42.3 Å². The minimum absolute atomic E-state index is 0.374. The Morgan fingerprint density at radius 2 is 1.52 bits per heavy atom. The summed E-state index contributed by atoms with van der Waals surface area (Å²) in [6, 6.07) is 13.6. The lowest BCUT2D eigenvalue weighted by Crippen LogP contribution is -2.43. The van der Waals surface area contributed by atoms with Gasteiger partial charge in [-0.15, -0.1) is 0 Å². The van der Waals surface area contributed by atoms with Gasteiger partial charge in [-0.3, -0.25) is 4.79 Å². The number of halogens is 2. The van der Waals surface area contributed by atoms with Gasteiger partial charge in [0, 0.05) is 10.0 Å². The molecule has 0 aromatic heterocycles. The van der Waals surface area contributed by atoms with Crippen molar-refractivity contribution in [1.29, 1.82) is 0 Å². The van der Waals surface area contributed by atoms with Crippen molar-refractivity contribution in [2.24, 2.45) is 0 Å². The highest BCUT2D eigenvalue weighted by molar-refractivity contribution is 6.30. The number of hydrogen-bond donors (Lipinski definition) is 2. The van der Waals surface area contributed by atoms with Crippen molar-refractivity contribution in [3.8, 4) is 0 Å². The van der Waals surface area contributed by atoms with Crippen molar-refractivity contribution >= 4 is 35.2 Å². The van der Waals surface area contributed by atoms with Gasteiger partial charge >= 0.3 is 6.09 Å². The van der Waals surface area contributed by atoms with E-state index in [-0.39, 0.29) is 5.91 Å². The van der Waals surface area contributed by atoms with Crippen molar-refractivity contribution in [2.45, 2.75) is 25.1 Å². The fourth-order valence-corrected chi connectivity index (χ4v) is 2.94. The molecule has 2 N–H and O–H groups in total. The topological polar surface area (TPSA) is 67.4 Å². The number of cyclic esters (lactones) is 1. The maximum Gasteiger partial charge on any atom is 0.408 e. The molecule has 2 atom stereocenters. The Bertz CT molecular complexity index is 732. The molecule has 1 fully saturated rings. The van der Waals surface area contributed by atoms with Gasteiger partial charge in [0.25, 0.3) is 5.91 Å². The second-order valence-corrected chi connectivity index (χ2v) is 6.68. The van der Waals surface area contributed by atoms with Crippen LogP contribution in [0.4, 0.5) is 4.79 Å². The van der Waals surface area contributed by atoms with Gasteiger partial charge in [-0.1, -0.05) is 47.5 Å². The summed E-state index contributed by atoms with van der Waals surface area (Å²) in [7, 11) is 0. The number of benzene rings is 2. The zero-order chi connectivity index (χ0) is 18.0. The van der Waals surface area contributed by atoms with E-state index in [0.717, 1.165) is 11.1 Å². The Hall–Kier alpha value is -2.24. The molecular weight excluding hydrogens is 363 g/mol. The molecule has 0 unspecified atom stereocenters. The Kier molecular flexibility index (Phi) is 5.16. The van der Waals surface area contributed by atoms with Crippen LogP contribution in [-0.2, 0) is 9.53 Å². The van der Waals surface area contributed by atoms with E-state index in [2.05, 4.69) is 10.6 Å². The molecule has 5 nitrogen and oxygen atoms in total. The fourth-order valence-electron chi connectivity index (χ4n) is 2.69. The van der Waals surface area contributed by atoms with Crippen LogP contribution in [0.1, 0.15) is 24.1 Å². The first-order valence-corrected chi connectivity index (χ1v) is 8.48. The van der Waals surface area contributed by atoms with E-state index in [1.54, 1.807) is 31.2 Å². The lowest BCUT2D eigenvalue weighted by Gasteiger charge is -2.22. The number of alkyl carbamates (subject to hydrolysis) is 1. The van der Waals surface area contributed by atoms with Gasteiger partial charge in [-0.2, -0.15) is 0 Å². The predicted octanol–water partition coefficient (Wildman–Crippen LogP) is 3.70. The molecule has 0 radical (unpaired) electrons. The van der Waals surface area contributed by atoms with Gasteiger partial charge in [-0.25, -0.2) is 4.79 Å². The first-order valence-electron chi connectivity index (χ1n) is 7.72. The average molecular weight is 379 g/mol. The Morgan fingerprint density at radius 3 is 1.92 bits per heavy atom. The van der Waals surface area contributed by atoms with E-state index >= 15 is 0 Å². The number of amides is 2. The quantitative estimate of drug-likeness (QED) is 0.852. The first-order chi connectivity index (χ1) is 11.9. The fraction of sp³-hybridized carbons (Fsp3) is 0.222. The van der Waals surface area contributed by atoms with Crippen LogP contribution in [0.2, 0.25) is 10.0 Å². The largest absolute Gasteiger partial charge is 0.434 e. The number of rotatable bonds is 4. The standard InChI is InChI=1S/C18H16Cl2N2O3/c1-10-16(25-18(24)21-10)17(23)22-15(11-2-6-13(19)7-3-11)12-4-8-14(20)9-5-12/h2-10,15-16H,1H3,(H,21,24)(H,22,23)/t10-,16+/m0/s1. The molecule has 2 aromatic carbocycles. The first kappa shape index (κ1) is 17.6. The predicted molar refractivity (Wildman–Crippen MR) is 95.8 cm³/mol. The average Bonchev–Trinajstić information content (AvgIpc) is 2.93. The van der Waals surface area contributed by atoms with Crippen LogP contribution in [-0.4, -0.2) is 24.1 Å². The van der Waals surface area contributed by atoms with Crippen molar-refractivity contribution < 1.29 is 14.3 Å². The molecule has 2 aromatic rings. The highest BCUT2D eigenvalue weighted by atomic mass is 35.5. The molecule has 1 aliphatic heterocycles. The maximum atomic E-state index is 12.6. The van der Waals surface area contributed by atoms with Crippen LogP contribution in [0, 0.1) is 0 Å². The monoisotopic (exact) mass is 378 g/mol. The molecule has 130 valence electrons. The van der Waals surface area contributed by atoms with Crippen LogP contribution >= 0.6 is 23.2 Å². The molecule has 3 rings (SSSR count). The number of carbonyl (C=O) groups is 2. The zero-order valence-corrected chi connectivity index (χ0v) is 14.8. The van der Waals surface area contributed by atoms with E-state index in [1.165, 1.54) is 0 Å². The number of nitrogens with one attached hydrogen (secondary N) is 2. The van der Waals surface area contributed by atoms with Gasteiger partial charge < -0.3 is 15.4 Å². The molecule has 1 heterocycles. The van der Waals surface area contributed by atoms with E-state index in [9.17, 15) is 9.59 Å². The lowest BCUT2D eigenvalue weighted by molar-refractivity contribution is -0.129. The highest BCUT2D eigenvalue weighted by Gasteiger charge is 2.37. The SMILES string of the molecule is C[C@@H]1NC(=O)O[C@H]1C(=O)NC(c1ccc(Cl)cc1)c1ccc(Cl)cc1. The third-order valence-electron chi connectivity index (χ3n) is 3.99. The van der Waals surface area contributed by atoms with E-state index in [0.29, 0.717) is 10.0 Å². The van der Waals surface area contributed by atoms with Crippen LogP contribution in [0.5, 0.6) is 0 Å². The number of hydrogen-bond acceptors (Lipinski definition) is 3. The van der Waals surface area contributed by atoms with Gasteiger partial charge in [0.1, 0.15) is 0 Å². The summed E-state index contributed by atoms with van der Waals surface area (Å²) in [6.07, 6.45) is -1.48. The highest BCUT2D eigenvalue weighted by Crippen LogP contribution is 2.25. The van der Waals surface area contributed by atoms with E-state index in [4.69, 9.17) is 27.9 Å². The van der Waals surface area contributed by atoms with Crippen molar-refractivity contribution in [1.82, 2.24) is 10.6 Å².